The molecule has 9 heavy (non-hydrogen) atoms. The SMILES string of the molecule is NCC(=O)OCCSI. The molecule has 0 bridgehead atoms. The number of rotatable bonds is 4. The first-order valence-corrected chi connectivity index (χ1v) is 5.93. The summed E-state index contributed by atoms with van der Waals surface area (Å²) in [5.74, 6) is 0.493. The van der Waals surface area contributed by atoms with Crippen LogP contribution in [0.15, 0.2) is 0 Å². The molecule has 0 rings (SSSR count). The van der Waals surface area contributed by atoms with Crippen LogP contribution >= 0.6 is 30.1 Å². The molecule has 2 N–H and O–H groups in total. The second kappa shape index (κ2) is 6.63. The van der Waals surface area contributed by atoms with E-state index in [4.69, 9.17) is 5.73 Å². The standard InChI is InChI=1S/C4H8INO2S/c5-9-2-1-8-4(7)3-6/h1-3,6H2. The smallest absolute Gasteiger partial charge is 0.319 e. The van der Waals surface area contributed by atoms with E-state index in [1.165, 1.54) is 0 Å². The summed E-state index contributed by atoms with van der Waals surface area (Å²) in [4.78, 5) is 10.3. The van der Waals surface area contributed by atoms with Crippen molar-refractivity contribution in [3.63, 3.8) is 0 Å². The molecule has 0 aliphatic heterocycles. The first-order valence-electron chi connectivity index (χ1n) is 2.40. The highest BCUT2D eigenvalue weighted by molar-refractivity contribution is 14.2. The van der Waals surface area contributed by atoms with Crippen LogP contribution in [0.25, 0.3) is 0 Å². The average Bonchev–Trinajstić information content (AvgIpc) is 1.89. The lowest BCUT2D eigenvalue weighted by atomic mass is 10.7. The number of hydrogen-bond donors (Lipinski definition) is 1. The van der Waals surface area contributed by atoms with Gasteiger partial charge in [0, 0.05) is 5.75 Å². The molecular weight excluding hydrogens is 253 g/mol. The number of hydrogen-bond acceptors (Lipinski definition) is 4. The van der Waals surface area contributed by atoms with E-state index in [1.807, 2.05) is 0 Å². The highest BCUT2D eigenvalue weighted by Crippen LogP contribution is 2.08. The molecule has 0 amide bonds. The Morgan fingerprint density at radius 3 is 2.89 bits per heavy atom. The maximum atomic E-state index is 10.3. The predicted molar refractivity (Wildman–Crippen MR) is 46.5 cm³/mol. The molecule has 0 aliphatic rings. The Balaban J connectivity index is 2.97. The van der Waals surface area contributed by atoms with E-state index in [0.717, 1.165) is 5.75 Å². The van der Waals surface area contributed by atoms with Crippen molar-refractivity contribution in [1.29, 1.82) is 0 Å². The van der Waals surface area contributed by atoms with E-state index in [-0.39, 0.29) is 12.5 Å². The first kappa shape index (κ1) is 9.51. The van der Waals surface area contributed by atoms with Gasteiger partial charge in [0.1, 0.15) is 6.61 Å². The van der Waals surface area contributed by atoms with Crippen LogP contribution in [-0.2, 0) is 9.53 Å². The molecule has 3 nitrogen and oxygen atoms in total. The van der Waals surface area contributed by atoms with E-state index in [0.29, 0.717) is 6.61 Å². The van der Waals surface area contributed by atoms with Crippen LogP contribution in [0.5, 0.6) is 0 Å². The number of esters is 1. The lowest BCUT2D eigenvalue weighted by Crippen LogP contribution is -2.17. The Hall–Kier alpha value is 0.510. The minimum Gasteiger partial charge on any atom is -0.464 e. The van der Waals surface area contributed by atoms with Crippen molar-refractivity contribution in [2.45, 2.75) is 0 Å². The molecule has 0 spiro atoms. The molecule has 54 valence electrons. The molecule has 0 aliphatic carbocycles. The molecule has 0 saturated heterocycles. The molecule has 0 saturated carbocycles. The van der Waals surface area contributed by atoms with Gasteiger partial charge < -0.3 is 10.5 Å². The molecule has 0 atom stereocenters. The minimum atomic E-state index is -0.333. The van der Waals surface area contributed by atoms with Gasteiger partial charge in [0.2, 0.25) is 0 Å². The summed E-state index contributed by atoms with van der Waals surface area (Å²) in [6.07, 6.45) is 0. The van der Waals surface area contributed by atoms with Crippen LogP contribution in [0.2, 0.25) is 0 Å². The number of ether oxygens (including phenoxy) is 1. The van der Waals surface area contributed by atoms with Gasteiger partial charge in [-0.05, 0) is 21.2 Å². The van der Waals surface area contributed by atoms with Gasteiger partial charge >= 0.3 is 5.97 Å². The Bertz CT molecular complexity index is 90.6. The van der Waals surface area contributed by atoms with Crippen molar-refractivity contribution in [3.05, 3.63) is 0 Å². The third kappa shape index (κ3) is 6.39. The molecule has 0 fully saturated rings. The van der Waals surface area contributed by atoms with Gasteiger partial charge in [0.15, 0.2) is 0 Å². The molecule has 0 aromatic rings. The third-order valence-corrected chi connectivity index (χ3v) is 2.23. The van der Waals surface area contributed by atoms with E-state index >= 15 is 0 Å². The maximum Gasteiger partial charge on any atom is 0.319 e. The fraction of sp³-hybridized carbons (Fsp3) is 0.750. The van der Waals surface area contributed by atoms with Crippen LogP contribution in [0.3, 0.4) is 0 Å². The fourth-order valence-corrected chi connectivity index (χ4v) is 0.932. The Morgan fingerprint density at radius 2 is 2.44 bits per heavy atom. The van der Waals surface area contributed by atoms with Crippen molar-refractivity contribution in [2.75, 3.05) is 18.9 Å². The fourth-order valence-electron chi connectivity index (χ4n) is 0.246. The van der Waals surface area contributed by atoms with Gasteiger partial charge in [0.25, 0.3) is 0 Å². The average molecular weight is 261 g/mol. The highest BCUT2D eigenvalue weighted by Gasteiger charge is 1.95. The quantitative estimate of drug-likeness (QED) is 0.456. The third-order valence-electron chi connectivity index (χ3n) is 0.590. The Labute approximate surface area is 70.3 Å². The zero-order valence-electron chi connectivity index (χ0n) is 4.80. The second-order valence-electron chi connectivity index (χ2n) is 1.24. The van der Waals surface area contributed by atoms with E-state index < -0.39 is 0 Å². The van der Waals surface area contributed by atoms with Crippen LogP contribution in [0.4, 0.5) is 0 Å². The number of carbonyl (C=O) groups is 1. The van der Waals surface area contributed by atoms with Gasteiger partial charge in [-0.15, -0.1) is 0 Å². The summed E-state index contributed by atoms with van der Waals surface area (Å²) < 4.78 is 4.64. The van der Waals surface area contributed by atoms with E-state index in [2.05, 4.69) is 25.9 Å². The topological polar surface area (TPSA) is 52.3 Å². The second-order valence-corrected chi connectivity index (χ2v) is 3.73. The molecule has 0 unspecified atom stereocenters. The van der Waals surface area contributed by atoms with Crippen LogP contribution < -0.4 is 5.73 Å². The largest absolute Gasteiger partial charge is 0.464 e. The van der Waals surface area contributed by atoms with Crippen LogP contribution in [0.1, 0.15) is 0 Å². The molecule has 0 aromatic carbocycles. The Kier molecular flexibility index (Phi) is 7.00. The summed E-state index contributed by atoms with van der Waals surface area (Å²) in [5.41, 5.74) is 4.97. The first-order chi connectivity index (χ1) is 4.31. The van der Waals surface area contributed by atoms with Gasteiger partial charge in [-0.25, -0.2) is 0 Å². The summed E-state index contributed by atoms with van der Waals surface area (Å²) in [6, 6.07) is 0. The zero-order valence-corrected chi connectivity index (χ0v) is 7.78. The normalized spacial score (nSPS) is 9.11. The van der Waals surface area contributed by atoms with Crippen molar-refractivity contribution in [2.24, 2.45) is 5.73 Å². The van der Waals surface area contributed by atoms with E-state index in [9.17, 15) is 4.79 Å². The summed E-state index contributed by atoms with van der Waals surface area (Å²) >= 11 is 2.14. The molecule has 0 radical (unpaired) electrons. The Morgan fingerprint density at radius 1 is 1.78 bits per heavy atom. The lowest BCUT2D eigenvalue weighted by molar-refractivity contribution is -0.141. The van der Waals surface area contributed by atoms with Crippen molar-refractivity contribution in [1.82, 2.24) is 0 Å². The summed E-state index contributed by atoms with van der Waals surface area (Å²) in [5, 5.41) is 0. The van der Waals surface area contributed by atoms with Gasteiger partial charge in [-0.3, -0.25) is 4.79 Å². The minimum absolute atomic E-state index is 0.0219. The number of nitrogens with two attached hydrogens (primary N) is 1. The van der Waals surface area contributed by atoms with Gasteiger partial charge in [0.05, 0.1) is 6.54 Å². The van der Waals surface area contributed by atoms with Crippen molar-refractivity contribution >= 4 is 36.1 Å². The number of carbonyl (C=O) groups excluding carboxylic acids is 1. The molecule has 0 heterocycles. The van der Waals surface area contributed by atoms with E-state index in [1.54, 1.807) is 8.93 Å². The number of halogens is 1. The summed E-state index contributed by atoms with van der Waals surface area (Å²) in [7, 11) is 1.61. The monoisotopic (exact) mass is 261 g/mol. The lowest BCUT2D eigenvalue weighted by Gasteiger charge is -1.98. The van der Waals surface area contributed by atoms with Crippen LogP contribution in [-0.4, -0.2) is 24.9 Å². The molecule has 5 heteroatoms. The van der Waals surface area contributed by atoms with Crippen LogP contribution in [0, 0.1) is 0 Å². The van der Waals surface area contributed by atoms with Gasteiger partial charge in [-0.1, -0.05) is 8.93 Å². The van der Waals surface area contributed by atoms with Crippen molar-refractivity contribution < 1.29 is 9.53 Å². The maximum absolute atomic E-state index is 10.3. The zero-order chi connectivity index (χ0) is 7.11. The van der Waals surface area contributed by atoms with Crippen molar-refractivity contribution in [3.8, 4) is 0 Å². The highest BCUT2D eigenvalue weighted by atomic mass is 127. The molecular formula is C4H8INO2S. The summed E-state index contributed by atoms with van der Waals surface area (Å²) in [6.45, 7) is 0.440. The van der Waals surface area contributed by atoms with Gasteiger partial charge in [-0.2, -0.15) is 0 Å². The predicted octanol–water partition coefficient (Wildman–Crippen LogP) is 0.572. The molecule has 0 aromatic heterocycles.